The first kappa shape index (κ1) is 9.63. The molecule has 0 fully saturated rings. The number of hydrogen-bond donors (Lipinski definition) is 0. The molecule has 0 saturated carbocycles. The van der Waals surface area contributed by atoms with Crippen LogP contribution in [0.25, 0.3) is 0 Å². The van der Waals surface area contributed by atoms with Crippen LogP contribution in [0.15, 0.2) is 11.8 Å². The molecule has 54 valence electrons. The molecule has 9 heavy (non-hydrogen) atoms. The number of hydrogen-bond acceptors (Lipinski definition) is 1. The Balaban J connectivity index is 3.64. The smallest absolute Gasteiger partial charge is 0.515 e. The van der Waals surface area contributed by atoms with E-state index in [1.165, 1.54) is 6.26 Å². The van der Waals surface area contributed by atoms with E-state index in [-0.39, 0.29) is 0 Å². The Hall–Kier alpha value is 0.627. The molecule has 0 saturated heterocycles. The fraction of sp³-hybridized carbons (Fsp3) is 0.500. The van der Waals surface area contributed by atoms with Crippen LogP contribution in [-0.4, -0.2) is 6.25 Å². The minimum absolute atomic E-state index is 0.980. The summed E-state index contributed by atoms with van der Waals surface area (Å²) in [4.78, 5) is 0. The second-order valence-corrected chi connectivity index (χ2v) is 9.42. The first-order valence-corrected chi connectivity index (χ1v) is 7.24. The van der Waals surface area contributed by atoms with Crippen LogP contribution in [-0.2, 0) is 4.43 Å². The normalized spacial score (nSPS) is 10.8. The Morgan fingerprint density at radius 1 is 1.33 bits per heavy atom. The molecule has 0 aliphatic rings. The zero-order valence-corrected chi connectivity index (χ0v) is 8.39. The molecular formula is C4H7Cl3OSi. The van der Waals surface area contributed by atoms with Crippen LogP contribution >= 0.6 is 33.2 Å². The van der Waals surface area contributed by atoms with E-state index in [1.807, 2.05) is 13.8 Å². The lowest BCUT2D eigenvalue weighted by Crippen LogP contribution is -2.11. The summed E-state index contributed by atoms with van der Waals surface area (Å²) in [6.07, 6.45) is -1.42. The number of halogens is 3. The maximum absolute atomic E-state index is 5.38. The molecule has 0 aromatic heterocycles. The van der Waals surface area contributed by atoms with Gasteiger partial charge in [0.1, 0.15) is 0 Å². The summed E-state index contributed by atoms with van der Waals surface area (Å²) in [6, 6.07) is 0. The van der Waals surface area contributed by atoms with Crippen LogP contribution in [0.3, 0.4) is 0 Å². The topological polar surface area (TPSA) is 9.23 Å². The van der Waals surface area contributed by atoms with Crippen molar-refractivity contribution < 1.29 is 4.43 Å². The number of rotatable bonds is 2. The summed E-state index contributed by atoms with van der Waals surface area (Å²) in [5.41, 5.74) is 0.980. The molecule has 0 unspecified atom stereocenters. The average molecular weight is 206 g/mol. The molecule has 0 aromatic carbocycles. The Bertz CT molecular complexity index is 113. The molecule has 0 aromatic rings. The lowest BCUT2D eigenvalue weighted by atomic mass is 10.4. The fourth-order valence-corrected chi connectivity index (χ4v) is 0.955. The van der Waals surface area contributed by atoms with Crippen LogP contribution in [0.2, 0.25) is 0 Å². The van der Waals surface area contributed by atoms with Gasteiger partial charge >= 0.3 is 6.25 Å². The third-order valence-electron chi connectivity index (χ3n) is 0.428. The first-order chi connectivity index (χ1) is 3.92. The average Bonchev–Trinajstić information content (AvgIpc) is 1.59. The van der Waals surface area contributed by atoms with Crippen molar-refractivity contribution in [3.8, 4) is 0 Å². The lowest BCUT2D eigenvalue weighted by Gasteiger charge is -2.05. The van der Waals surface area contributed by atoms with Gasteiger partial charge in [0, 0.05) is 0 Å². The monoisotopic (exact) mass is 204 g/mol. The summed E-state index contributed by atoms with van der Waals surface area (Å²) in [7, 11) is 0. The highest BCUT2D eigenvalue weighted by molar-refractivity contribution is 7.62. The predicted octanol–water partition coefficient (Wildman–Crippen LogP) is 3.08. The Kier molecular flexibility index (Phi) is 3.97. The molecule has 0 aliphatic heterocycles. The van der Waals surface area contributed by atoms with Crippen molar-refractivity contribution in [1.29, 1.82) is 0 Å². The van der Waals surface area contributed by atoms with Gasteiger partial charge < -0.3 is 4.43 Å². The molecule has 0 rings (SSSR count). The maximum atomic E-state index is 5.38. The molecule has 0 N–H and O–H groups in total. The van der Waals surface area contributed by atoms with Crippen LogP contribution in [0.4, 0.5) is 0 Å². The third-order valence-corrected chi connectivity index (χ3v) is 1.62. The third kappa shape index (κ3) is 8.63. The van der Waals surface area contributed by atoms with E-state index in [0.717, 1.165) is 5.57 Å². The summed E-state index contributed by atoms with van der Waals surface area (Å²) < 4.78 is 4.76. The summed E-state index contributed by atoms with van der Waals surface area (Å²) in [5, 5.41) is 0. The van der Waals surface area contributed by atoms with E-state index in [1.54, 1.807) is 0 Å². The van der Waals surface area contributed by atoms with Crippen molar-refractivity contribution in [2.24, 2.45) is 0 Å². The van der Waals surface area contributed by atoms with E-state index in [9.17, 15) is 0 Å². The molecule has 0 aliphatic carbocycles. The van der Waals surface area contributed by atoms with Crippen molar-refractivity contribution in [2.75, 3.05) is 0 Å². The lowest BCUT2D eigenvalue weighted by molar-refractivity contribution is 0.509. The second kappa shape index (κ2) is 3.71. The quantitative estimate of drug-likeness (QED) is 0.382. The zero-order valence-electron chi connectivity index (χ0n) is 5.12. The van der Waals surface area contributed by atoms with Gasteiger partial charge in [0.15, 0.2) is 0 Å². The minimum atomic E-state index is -2.88. The van der Waals surface area contributed by atoms with Crippen molar-refractivity contribution in [1.82, 2.24) is 0 Å². The Morgan fingerprint density at radius 3 is 1.89 bits per heavy atom. The summed E-state index contributed by atoms with van der Waals surface area (Å²) >= 11 is 16.1. The van der Waals surface area contributed by atoms with E-state index >= 15 is 0 Å². The van der Waals surface area contributed by atoms with Crippen molar-refractivity contribution in [2.45, 2.75) is 13.8 Å². The van der Waals surface area contributed by atoms with Crippen LogP contribution in [0.1, 0.15) is 13.8 Å². The van der Waals surface area contributed by atoms with Gasteiger partial charge in [-0.15, -0.1) is 0 Å². The number of allylic oxidation sites excluding steroid dienone is 1. The minimum Gasteiger partial charge on any atom is -0.515 e. The maximum Gasteiger partial charge on any atom is 0.555 e. The highest BCUT2D eigenvalue weighted by Gasteiger charge is 2.28. The highest BCUT2D eigenvalue weighted by Crippen LogP contribution is 2.21. The standard InChI is InChI=1S/C4H7Cl3OSi/c1-4(2)3-8-9(5,6)7/h3H,1-2H3. The van der Waals surface area contributed by atoms with Gasteiger partial charge in [-0.1, -0.05) is 33.2 Å². The van der Waals surface area contributed by atoms with Crippen molar-refractivity contribution >= 4 is 39.5 Å². The van der Waals surface area contributed by atoms with E-state index in [2.05, 4.69) is 0 Å². The molecule has 0 heterocycles. The molecular weight excluding hydrogens is 198 g/mol. The van der Waals surface area contributed by atoms with E-state index in [4.69, 9.17) is 37.7 Å². The summed E-state index contributed by atoms with van der Waals surface area (Å²) in [5.74, 6) is 0. The Morgan fingerprint density at radius 2 is 1.78 bits per heavy atom. The molecule has 1 nitrogen and oxygen atoms in total. The van der Waals surface area contributed by atoms with E-state index in [0.29, 0.717) is 0 Å². The fourth-order valence-electron chi connectivity index (χ4n) is 0.185. The molecule has 5 heteroatoms. The largest absolute Gasteiger partial charge is 0.555 e. The predicted molar refractivity (Wildman–Crippen MR) is 43.8 cm³/mol. The molecule has 0 radical (unpaired) electrons. The van der Waals surface area contributed by atoms with Crippen LogP contribution in [0.5, 0.6) is 0 Å². The first-order valence-electron chi connectivity index (χ1n) is 2.30. The van der Waals surface area contributed by atoms with Gasteiger partial charge in [-0.2, -0.15) is 0 Å². The van der Waals surface area contributed by atoms with Gasteiger partial charge in [-0.05, 0) is 19.4 Å². The Labute approximate surface area is 69.8 Å². The second-order valence-electron chi connectivity index (χ2n) is 1.76. The van der Waals surface area contributed by atoms with Gasteiger partial charge in [0.05, 0.1) is 6.26 Å². The van der Waals surface area contributed by atoms with Gasteiger partial charge in [-0.25, -0.2) is 0 Å². The van der Waals surface area contributed by atoms with Crippen molar-refractivity contribution in [3.05, 3.63) is 11.8 Å². The van der Waals surface area contributed by atoms with Crippen LogP contribution in [0, 0.1) is 0 Å². The van der Waals surface area contributed by atoms with E-state index < -0.39 is 6.25 Å². The van der Waals surface area contributed by atoms with Gasteiger partial charge in [0.2, 0.25) is 0 Å². The zero-order chi connectivity index (χ0) is 7.49. The van der Waals surface area contributed by atoms with Crippen LogP contribution < -0.4 is 0 Å². The SMILES string of the molecule is CC(C)=CO[Si](Cl)(Cl)Cl. The molecule has 0 amide bonds. The molecule has 0 bridgehead atoms. The van der Waals surface area contributed by atoms with Gasteiger partial charge in [0.25, 0.3) is 0 Å². The molecule has 0 spiro atoms. The molecule has 0 atom stereocenters. The highest BCUT2D eigenvalue weighted by atomic mass is 35.8. The summed E-state index contributed by atoms with van der Waals surface area (Å²) in [6.45, 7) is 3.73. The van der Waals surface area contributed by atoms with Crippen molar-refractivity contribution in [3.63, 3.8) is 0 Å². The van der Waals surface area contributed by atoms with Gasteiger partial charge in [-0.3, -0.25) is 0 Å².